The van der Waals surface area contributed by atoms with E-state index in [9.17, 15) is 14.4 Å². The molecule has 0 saturated carbocycles. The Bertz CT molecular complexity index is 525. The Morgan fingerprint density at radius 3 is 2.44 bits per heavy atom. The van der Waals surface area contributed by atoms with Crippen molar-refractivity contribution in [3.8, 4) is 0 Å². The summed E-state index contributed by atoms with van der Waals surface area (Å²) in [5, 5.41) is 17.9. The first-order valence-electron chi connectivity index (χ1n) is 5.36. The number of carbonyl (C=O) groups is 3. The van der Waals surface area contributed by atoms with Crippen LogP contribution < -0.4 is 4.90 Å². The summed E-state index contributed by atoms with van der Waals surface area (Å²) in [6.45, 7) is 0.0124. The number of benzene rings is 1. The van der Waals surface area contributed by atoms with Gasteiger partial charge in [0.2, 0.25) is 5.91 Å². The smallest absolute Gasteiger partial charge is 0.337 e. The van der Waals surface area contributed by atoms with Crippen molar-refractivity contribution in [2.45, 2.75) is 6.42 Å². The van der Waals surface area contributed by atoms with E-state index in [1.165, 1.54) is 17.0 Å². The van der Waals surface area contributed by atoms with E-state index in [4.69, 9.17) is 10.2 Å². The highest BCUT2D eigenvalue weighted by molar-refractivity contribution is 6.04. The third kappa shape index (κ3) is 2.04. The quantitative estimate of drug-likeness (QED) is 0.827. The van der Waals surface area contributed by atoms with Crippen LogP contribution in [-0.4, -0.2) is 34.6 Å². The Labute approximate surface area is 102 Å². The van der Waals surface area contributed by atoms with Gasteiger partial charge in [0.05, 0.1) is 17.2 Å². The molecule has 1 aromatic rings. The van der Waals surface area contributed by atoms with Crippen LogP contribution in [0.5, 0.6) is 0 Å². The average Bonchev–Trinajstić information content (AvgIpc) is 2.71. The molecule has 1 fully saturated rings. The second-order valence-electron chi connectivity index (χ2n) is 4.07. The van der Waals surface area contributed by atoms with Gasteiger partial charge in [-0.05, 0) is 12.1 Å². The standard InChI is InChI=1S/C12H11NO5/c14-10-5-7(11(15)16)6-13(10)9-4-2-1-3-8(9)12(17)18/h1-4,7H,5-6H2,(H,15,16)(H,17,18). The molecular weight excluding hydrogens is 238 g/mol. The summed E-state index contributed by atoms with van der Waals surface area (Å²) in [5.41, 5.74) is 0.246. The minimum absolute atomic E-state index is 0.00288. The second kappa shape index (κ2) is 4.48. The second-order valence-corrected chi connectivity index (χ2v) is 4.07. The number of nitrogens with zero attached hydrogens (tertiary/aromatic N) is 1. The lowest BCUT2D eigenvalue weighted by atomic mass is 10.1. The van der Waals surface area contributed by atoms with Gasteiger partial charge >= 0.3 is 11.9 Å². The first-order chi connectivity index (χ1) is 8.50. The molecule has 1 amide bonds. The maximum absolute atomic E-state index is 11.7. The zero-order valence-electron chi connectivity index (χ0n) is 9.37. The maximum Gasteiger partial charge on any atom is 0.337 e. The Hall–Kier alpha value is -2.37. The highest BCUT2D eigenvalue weighted by Gasteiger charge is 2.36. The summed E-state index contributed by atoms with van der Waals surface area (Å²) < 4.78 is 0. The lowest BCUT2D eigenvalue weighted by molar-refractivity contribution is -0.141. The lowest BCUT2D eigenvalue weighted by Gasteiger charge is -2.18. The summed E-state index contributed by atoms with van der Waals surface area (Å²) >= 11 is 0. The number of aromatic carboxylic acids is 1. The van der Waals surface area contributed by atoms with E-state index in [-0.39, 0.29) is 30.1 Å². The van der Waals surface area contributed by atoms with Gasteiger partial charge in [-0.1, -0.05) is 12.1 Å². The first kappa shape index (κ1) is 12.1. The van der Waals surface area contributed by atoms with Crippen LogP contribution >= 0.6 is 0 Å². The first-order valence-corrected chi connectivity index (χ1v) is 5.36. The summed E-state index contributed by atoms with van der Waals surface area (Å²) in [6.07, 6.45) is -0.0940. The Kier molecular flexibility index (Phi) is 3.01. The normalized spacial score (nSPS) is 19.0. The third-order valence-electron chi connectivity index (χ3n) is 2.90. The molecule has 94 valence electrons. The maximum atomic E-state index is 11.7. The van der Waals surface area contributed by atoms with E-state index in [0.29, 0.717) is 0 Å². The highest BCUT2D eigenvalue weighted by Crippen LogP contribution is 2.28. The Morgan fingerprint density at radius 2 is 1.89 bits per heavy atom. The van der Waals surface area contributed by atoms with Gasteiger partial charge in [0.1, 0.15) is 0 Å². The highest BCUT2D eigenvalue weighted by atomic mass is 16.4. The topological polar surface area (TPSA) is 94.9 Å². The molecule has 6 nitrogen and oxygen atoms in total. The van der Waals surface area contributed by atoms with Crippen LogP contribution in [0.1, 0.15) is 16.8 Å². The van der Waals surface area contributed by atoms with Gasteiger partial charge in [0.25, 0.3) is 0 Å². The number of hydrogen-bond acceptors (Lipinski definition) is 3. The minimum atomic E-state index is -1.14. The number of anilines is 1. The van der Waals surface area contributed by atoms with Crippen LogP contribution in [0.3, 0.4) is 0 Å². The fourth-order valence-electron chi connectivity index (χ4n) is 2.00. The molecule has 0 spiro atoms. The number of hydrogen-bond donors (Lipinski definition) is 2. The number of aliphatic carboxylic acids is 1. The molecule has 18 heavy (non-hydrogen) atoms. The molecule has 0 aliphatic carbocycles. The van der Waals surface area contributed by atoms with E-state index >= 15 is 0 Å². The largest absolute Gasteiger partial charge is 0.481 e. The number of carbonyl (C=O) groups excluding carboxylic acids is 1. The van der Waals surface area contributed by atoms with Crippen molar-refractivity contribution in [3.05, 3.63) is 29.8 Å². The monoisotopic (exact) mass is 249 g/mol. The SMILES string of the molecule is O=C(O)c1ccccc1N1CC(C(=O)O)CC1=O. The predicted octanol–water partition coefficient (Wildman–Crippen LogP) is 0.822. The Balaban J connectivity index is 2.35. The van der Waals surface area contributed by atoms with Gasteiger partial charge in [-0.3, -0.25) is 9.59 Å². The predicted molar refractivity (Wildman–Crippen MR) is 61.5 cm³/mol. The van der Waals surface area contributed by atoms with Crippen molar-refractivity contribution < 1.29 is 24.6 Å². The molecular formula is C12H11NO5. The Morgan fingerprint density at radius 1 is 1.22 bits per heavy atom. The molecule has 1 aromatic carbocycles. The van der Waals surface area contributed by atoms with Gasteiger partial charge in [0, 0.05) is 13.0 Å². The van der Waals surface area contributed by atoms with Crippen LogP contribution in [-0.2, 0) is 9.59 Å². The van der Waals surface area contributed by atoms with Crippen LogP contribution in [0.15, 0.2) is 24.3 Å². The van der Waals surface area contributed by atoms with Crippen molar-refractivity contribution in [2.24, 2.45) is 5.92 Å². The van der Waals surface area contributed by atoms with Gasteiger partial charge < -0.3 is 15.1 Å². The van der Waals surface area contributed by atoms with E-state index in [0.717, 1.165) is 0 Å². The molecule has 1 heterocycles. The molecule has 0 radical (unpaired) electrons. The minimum Gasteiger partial charge on any atom is -0.481 e. The zero-order chi connectivity index (χ0) is 13.3. The van der Waals surface area contributed by atoms with Crippen molar-refractivity contribution in [3.63, 3.8) is 0 Å². The van der Waals surface area contributed by atoms with Gasteiger partial charge in [-0.15, -0.1) is 0 Å². The van der Waals surface area contributed by atoms with Gasteiger partial charge in [-0.25, -0.2) is 4.79 Å². The number of carboxylic acid groups (broad SMARTS) is 2. The summed E-state index contributed by atoms with van der Waals surface area (Å²) in [7, 11) is 0. The molecule has 2 N–H and O–H groups in total. The van der Waals surface area contributed by atoms with Crippen molar-refractivity contribution in [2.75, 3.05) is 11.4 Å². The summed E-state index contributed by atoms with van der Waals surface area (Å²) in [5.74, 6) is -3.33. The van der Waals surface area contributed by atoms with Crippen LogP contribution in [0.4, 0.5) is 5.69 Å². The van der Waals surface area contributed by atoms with E-state index < -0.39 is 17.9 Å². The zero-order valence-corrected chi connectivity index (χ0v) is 9.37. The number of carboxylic acids is 2. The molecule has 6 heteroatoms. The van der Waals surface area contributed by atoms with E-state index in [1.54, 1.807) is 12.1 Å². The number of para-hydroxylation sites is 1. The fraction of sp³-hybridized carbons (Fsp3) is 0.250. The summed E-state index contributed by atoms with van der Waals surface area (Å²) in [6, 6.07) is 6.07. The molecule has 0 aromatic heterocycles. The molecule has 1 aliphatic heterocycles. The molecule has 0 bridgehead atoms. The average molecular weight is 249 g/mol. The van der Waals surface area contributed by atoms with Crippen LogP contribution in [0, 0.1) is 5.92 Å². The van der Waals surface area contributed by atoms with Crippen LogP contribution in [0.25, 0.3) is 0 Å². The molecule has 1 atom stereocenters. The fourth-order valence-corrected chi connectivity index (χ4v) is 2.00. The van der Waals surface area contributed by atoms with Crippen molar-refractivity contribution in [1.29, 1.82) is 0 Å². The third-order valence-corrected chi connectivity index (χ3v) is 2.90. The van der Waals surface area contributed by atoms with Crippen LogP contribution in [0.2, 0.25) is 0 Å². The number of rotatable bonds is 3. The molecule has 1 aliphatic rings. The lowest BCUT2D eigenvalue weighted by Crippen LogP contribution is -2.27. The van der Waals surface area contributed by atoms with E-state index in [2.05, 4.69) is 0 Å². The number of amides is 1. The van der Waals surface area contributed by atoms with Crippen molar-refractivity contribution >= 4 is 23.5 Å². The molecule has 1 unspecified atom stereocenters. The molecule has 1 saturated heterocycles. The van der Waals surface area contributed by atoms with Crippen molar-refractivity contribution in [1.82, 2.24) is 0 Å². The molecule has 2 rings (SSSR count). The van der Waals surface area contributed by atoms with Gasteiger partial charge in [-0.2, -0.15) is 0 Å². The van der Waals surface area contributed by atoms with E-state index in [1.807, 2.05) is 0 Å². The van der Waals surface area contributed by atoms with Gasteiger partial charge in [0.15, 0.2) is 0 Å². The summed E-state index contributed by atoms with van der Waals surface area (Å²) in [4.78, 5) is 34.9.